The minimum Gasteiger partial charge on any atom is -0.143 e. The summed E-state index contributed by atoms with van der Waals surface area (Å²) in [5.74, 6) is 0. The van der Waals surface area contributed by atoms with Crippen molar-refractivity contribution in [1.82, 2.24) is 0 Å². The summed E-state index contributed by atoms with van der Waals surface area (Å²) in [6.07, 6.45) is 0. The van der Waals surface area contributed by atoms with Crippen LogP contribution in [0.5, 0.6) is 0 Å². The van der Waals surface area contributed by atoms with Crippen LogP contribution in [0.1, 0.15) is 0 Å². The third kappa shape index (κ3) is 2.38. The second kappa shape index (κ2) is 3.03. The van der Waals surface area contributed by atoms with Gasteiger partial charge in [0.25, 0.3) is 0 Å². The van der Waals surface area contributed by atoms with Crippen molar-refractivity contribution < 1.29 is 0 Å². The fraction of sp³-hybridized carbons (Fsp3) is 0.333. The van der Waals surface area contributed by atoms with Gasteiger partial charge in [0.05, 0.1) is 8.07 Å². The highest BCUT2D eigenvalue weighted by Gasteiger charge is 2.15. The van der Waals surface area contributed by atoms with Gasteiger partial charge in [-0.2, -0.15) is 0 Å². The van der Waals surface area contributed by atoms with Gasteiger partial charge in [-0.1, -0.05) is 37.0 Å². The van der Waals surface area contributed by atoms with Crippen LogP contribution < -0.4 is 5.19 Å². The predicted octanol–water partition coefficient (Wildman–Crippen LogP) is 2.52. The monoisotopic (exact) mass is 182 g/mol. The molecule has 0 bridgehead atoms. The maximum Gasteiger partial charge on any atom is 0.0776 e. The van der Waals surface area contributed by atoms with Crippen LogP contribution in [-0.2, 0) is 0 Å². The van der Waals surface area contributed by atoms with Gasteiger partial charge in [-0.05, 0) is 12.1 Å². The van der Waals surface area contributed by atoms with Crippen molar-refractivity contribution in [2.45, 2.75) is 24.5 Å². The first-order valence-electron chi connectivity index (χ1n) is 3.79. The molecule has 0 heterocycles. The van der Waals surface area contributed by atoms with E-state index in [1.165, 1.54) is 5.19 Å². The van der Waals surface area contributed by atoms with E-state index in [2.05, 4.69) is 50.5 Å². The molecule has 0 aliphatic carbocycles. The zero-order valence-corrected chi connectivity index (χ0v) is 9.15. The second-order valence-electron chi connectivity index (χ2n) is 3.80. The van der Waals surface area contributed by atoms with Crippen molar-refractivity contribution in [1.29, 1.82) is 0 Å². The highest BCUT2D eigenvalue weighted by Crippen LogP contribution is 2.07. The lowest BCUT2D eigenvalue weighted by Gasteiger charge is -2.16. The molecule has 0 radical (unpaired) electrons. The zero-order chi connectivity index (χ0) is 8.48. The van der Waals surface area contributed by atoms with Crippen molar-refractivity contribution in [3.63, 3.8) is 0 Å². The normalized spacial score (nSPS) is 11.6. The third-order valence-corrected chi connectivity index (χ3v) is 4.03. The second-order valence-corrected chi connectivity index (χ2v) is 9.39. The van der Waals surface area contributed by atoms with Gasteiger partial charge in [0.15, 0.2) is 0 Å². The van der Waals surface area contributed by atoms with E-state index >= 15 is 0 Å². The molecule has 0 unspecified atom stereocenters. The molecular formula is C9H14SSi. The summed E-state index contributed by atoms with van der Waals surface area (Å²) in [6.45, 7) is 7.03. The summed E-state index contributed by atoms with van der Waals surface area (Å²) in [5.41, 5.74) is 0. The van der Waals surface area contributed by atoms with Crippen LogP contribution in [0.15, 0.2) is 29.2 Å². The fourth-order valence-corrected chi connectivity index (χ4v) is 2.50. The molecule has 1 rings (SSSR count). The van der Waals surface area contributed by atoms with Gasteiger partial charge in [0, 0.05) is 4.90 Å². The van der Waals surface area contributed by atoms with Gasteiger partial charge in [0.2, 0.25) is 0 Å². The Labute approximate surface area is 75.1 Å². The maximum atomic E-state index is 4.31. The number of hydrogen-bond acceptors (Lipinski definition) is 1. The average Bonchev–Trinajstić information content (AvgIpc) is 1.86. The molecule has 0 spiro atoms. The van der Waals surface area contributed by atoms with Crippen molar-refractivity contribution in [2.75, 3.05) is 0 Å². The minimum absolute atomic E-state index is 1.07. The highest BCUT2D eigenvalue weighted by molar-refractivity contribution is 7.80. The van der Waals surface area contributed by atoms with Crippen molar-refractivity contribution in [2.24, 2.45) is 0 Å². The average molecular weight is 182 g/mol. The molecule has 0 amide bonds. The molecule has 1 aromatic carbocycles. The quantitative estimate of drug-likeness (QED) is 0.501. The Morgan fingerprint density at radius 1 is 1.18 bits per heavy atom. The Morgan fingerprint density at radius 3 is 2.18 bits per heavy atom. The molecule has 1 aromatic rings. The molecule has 0 aromatic heterocycles. The molecule has 11 heavy (non-hydrogen) atoms. The first-order valence-corrected chi connectivity index (χ1v) is 7.74. The summed E-state index contributed by atoms with van der Waals surface area (Å²) >= 11 is 4.31. The number of rotatable bonds is 1. The Hall–Kier alpha value is -0.213. The van der Waals surface area contributed by atoms with Crippen LogP contribution in [0.4, 0.5) is 0 Å². The molecule has 2 heteroatoms. The molecule has 0 fully saturated rings. The van der Waals surface area contributed by atoms with Crippen molar-refractivity contribution >= 4 is 25.9 Å². The molecule has 0 aliphatic heterocycles. The van der Waals surface area contributed by atoms with E-state index in [4.69, 9.17) is 0 Å². The lowest BCUT2D eigenvalue weighted by atomic mass is 10.4. The molecule has 0 aliphatic rings. The molecule has 0 N–H and O–H groups in total. The summed E-state index contributed by atoms with van der Waals surface area (Å²) < 4.78 is 0. The topological polar surface area (TPSA) is 0 Å². The number of hydrogen-bond donors (Lipinski definition) is 1. The standard InChI is InChI=1S/C9H14SSi/c1-11(2,3)9-6-4-5-8(10)7-9/h4-7,10H,1-3H3. The van der Waals surface area contributed by atoms with Gasteiger partial charge in [0.1, 0.15) is 0 Å². The van der Waals surface area contributed by atoms with E-state index in [1.807, 2.05) is 6.07 Å². The van der Waals surface area contributed by atoms with Crippen molar-refractivity contribution in [3.05, 3.63) is 24.3 Å². The van der Waals surface area contributed by atoms with Crippen LogP contribution >= 0.6 is 12.6 Å². The first kappa shape index (κ1) is 8.88. The first-order chi connectivity index (χ1) is 5.00. The number of benzene rings is 1. The maximum absolute atomic E-state index is 4.31. The fourth-order valence-electron chi connectivity index (χ4n) is 0.972. The van der Waals surface area contributed by atoms with Crippen LogP contribution in [-0.4, -0.2) is 8.07 Å². The summed E-state index contributed by atoms with van der Waals surface area (Å²) in [5, 5.41) is 1.48. The zero-order valence-electron chi connectivity index (χ0n) is 7.26. The van der Waals surface area contributed by atoms with E-state index in [0.717, 1.165) is 4.90 Å². The Kier molecular flexibility index (Phi) is 2.45. The van der Waals surface area contributed by atoms with E-state index in [9.17, 15) is 0 Å². The van der Waals surface area contributed by atoms with E-state index in [0.29, 0.717) is 0 Å². The van der Waals surface area contributed by atoms with Crippen LogP contribution in [0.3, 0.4) is 0 Å². The van der Waals surface area contributed by atoms with Gasteiger partial charge in [-0.15, -0.1) is 12.6 Å². The molecular weight excluding hydrogens is 168 g/mol. The van der Waals surface area contributed by atoms with E-state index < -0.39 is 8.07 Å². The van der Waals surface area contributed by atoms with Crippen LogP contribution in [0.2, 0.25) is 19.6 Å². The predicted molar refractivity (Wildman–Crippen MR) is 56.7 cm³/mol. The smallest absolute Gasteiger partial charge is 0.0776 e. The lowest BCUT2D eigenvalue weighted by Crippen LogP contribution is -2.37. The molecule has 0 saturated heterocycles. The molecule has 60 valence electrons. The lowest BCUT2D eigenvalue weighted by molar-refractivity contribution is 1.49. The summed E-state index contributed by atoms with van der Waals surface area (Å²) in [7, 11) is -1.11. The number of thiol groups is 1. The van der Waals surface area contributed by atoms with Crippen LogP contribution in [0.25, 0.3) is 0 Å². The van der Waals surface area contributed by atoms with E-state index in [-0.39, 0.29) is 0 Å². The van der Waals surface area contributed by atoms with Gasteiger partial charge < -0.3 is 0 Å². The Balaban J connectivity index is 3.06. The summed E-state index contributed by atoms with van der Waals surface area (Å²) in [4.78, 5) is 1.07. The Morgan fingerprint density at radius 2 is 1.82 bits per heavy atom. The molecule has 0 nitrogen and oxygen atoms in total. The van der Waals surface area contributed by atoms with Gasteiger partial charge in [-0.3, -0.25) is 0 Å². The molecule has 0 saturated carbocycles. The summed E-state index contributed by atoms with van der Waals surface area (Å²) in [6, 6.07) is 8.48. The van der Waals surface area contributed by atoms with Gasteiger partial charge in [-0.25, -0.2) is 0 Å². The largest absolute Gasteiger partial charge is 0.143 e. The third-order valence-electron chi connectivity index (χ3n) is 1.71. The highest BCUT2D eigenvalue weighted by atomic mass is 32.1. The molecule has 0 atom stereocenters. The Bertz CT molecular complexity index is 250. The van der Waals surface area contributed by atoms with Crippen LogP contribution in [0, 0.1) is 0 Å². The van der Waals surface area contributed by atoms with E-state index in [1.54, 1.807) is 0 Å². The SMILES string of the molecule is C[Si](C)(C)c1cccc(S)c1. The minimum atomic E-state index is -1.11. The van der Waals surface area contributed by atoms with Gasteiger partial charge >= 0.3 is 0 Å². The van der Waals surface area contributed by atoms with Crippen molar-refractivity contribution in [3.8, 4) is 0 Å².